The van der Waals surface area contributed by atoms with Crippen molar-refractivity contribution in [1.82, 2.24) is 0 Å². The Morgan fingerprint density at radius 2 is 1.96 bits per heavy atom. The molecule has 0 aromatic heterocycles. The lowest BCUT2D eigenvalue weighted by Crippen LogP contribution is -3.11. The van der Waals surface area contributed by atoms with Crippen molar-refractivity contribution in [3.8, 4) is 5.75 Å². The highest BCUT2D eigenvalue weighted by molar-refractivity contribution is 6.30. The van der Waals surface area contributed by atoms with E-state index in [0.29, 0.717) is 18.1 Å². The molecular weight excluding hydrogens is 350 g/mol. The molecule has 0 aliphatic carbocycles. The lowest BCUT2D eigenvalue weighted by Gasteiger charge is -2.18. The van der Waals surface area contributed by atoms with Crippen LogP contribution in [-0.2, 0) is 11.3 Å². The SMILES string of the molecule is CC[NH+](CC(=O)Nc1cc(Cl)ccc1F)Cc1ccc(OC)c(F)c1. The lowest BCUT2D eigenvalue weighted by atomic mass is 10.2. The summed E-state index contributed by atoms with van der Waals surface area (Å²) in [5.74, 6) is -1.16. The van der Waals surface area contributed by atoms with Crippen molar-refractivity contribution < 1.29 is 23.2 Å². The zero-order chi connectivity index (χ0) is 18.4. The van der Waals surface area contributed by atoms with Crippen LogP contribution in [-0.4, -0.2) is 26.1 Å². The Kier molecular flexibility index (Phi) is 6.73. The number of amides is 1. The summed E-state index contributed by atoms with van der Waals surface area (Å²) in [4.78, 5) is 13.1. The van der Waals surface area contributed by atoms with E-state index < -0.39 is 11.6 Å². The fraction of sp³-hybridized carbons (Fsp3) is 0.278. The van der Waals surface area contributed by atoms with Crippen LogP contribution < -0.4 is 15.0 Å². The van der Waals surface area contributed by atoms with Gasteiger partial charge in [-0.25, -0.2) is 8.78 Å². The molecule has 0 aliphatic heterocycles. The summed E-state index contributed by atoms with van der Waals surface area (Å²) in [6, 6.07) is 8.67. The number of carbonyl (C=O) groups excluding carboxylic acids is 1. The zero-order valence-corrected chi connectivity index (χ0v) is 14.8. The molecular formula is C18H20ClF2N2O2+. The van der Waals surface area contributed by atoms with E-state index in [4.69, 9.17) is 16.3 Å². The average molecular weight is 370 g/mol. The minimum atomic E-state index is -0.548. The van der Waals surface area contributed by atoms with Crippen molar-refractivity contribution in [2.45, 2.75) is 13.5 Å². The Balaban J connectivity index is 2.00. The van der Waals surface area contributed by atoms with Gasteiger partial charge < -0.3 is 15.0 Å². The smallest absolute Gasteiger partial charge is 0.279 e. The van der Waals surface area contributed by atoms with Gasteiger partial charge in [-0.05, 0) is 43.3 Å². The van der Waals surface area contributed by atoms with Gasteiger partial charge in [0.25, 0.3) is 5.91 Å². The van der Waals surface area contributed by atoms with Crippen molar-refractivity contribution in [3.05, 3.63) is 58.6 Å². The van der Waals surface area contributed by atoms with Crippen LogP contribution >= 0.6 is 11.6 Å². The number of halogens is 3. The Labute approximate surface area is 150 Å². The molecule has 4 nitrogen and oxygen atoms in total. The first-order valence-electron chi connectivity index (χ1n) is 7.83. The normalized spacial score (nSPS) is 11.9. The van der Waals surface area contributed by atoms with Gasteiger partial charge in [0.2, 0.25) is 0 Å². The lowest BCUT2D eigenvalue weighted by molar-refractivity contribution is -0.903. The molecule has 1 unspecified atom stereocenters. The summed E-state index contributed by atoms with van der Waals surface area (Å²) in [7, 11) is 1.40. The van der Waals surface area contributed by atoms with Crippen LogP contribution in [0.1, 0.15) is 12.5 Å². The summed E-state index contributed by atoms with van der Waals surface area (Å²) >= 11 is 5.81. The quantitative estimate of drug-likeness (QED) is 0.788. The third kappa shape index (κ3) is 5.41. The fourth-order valence-electron chi connectivity index (χ4n) is 2.44. The van der Waals surface area contributed by atoms with Gasteiger partial charge in [0, 0.05) is 10.6 Å². The number of hydrogen-bond donors (Lipinski definition) is 2. The highest BCUT2D eigenvalue weighted by Gasteiger charge is 2.16. The van der Waals surface area contributed by atoms with Crippen molar-refractivity contribution in [2.75, 3.05) is 25.5 Å². The van der Waals surface area contributed by atoms with Crippen LogP contribution in [0, 0.1) is 11.6 Å². The van der Waals surface area contributed by atoms with Gasteiger partial charge in [0.05, 0.1) is 19.3 Å². The first-order valence-corrected chi connectivity index (χ1v) is 8.21. The zero-order valence-electron chi connectivity index (χ0n) is 14.0. The van der Waals surface area contributed by atoms with Gasteiger partial charge >= 0.3 is 0 Å². The molecule has 2 aromatic carbocycles. The Hall–Kier alpha value is -2.18. The van der Waals surface area contributed by atoms with Gasteiger partial charge in [0.1, 0.15) is 12.4 Å². The number of hydrogen-bond acceptors (Lipinski definition) is 2. The second-order valence-electron chi connectivity index (χ2n) is 5.60. The van der Waals surface area contributed by atoms with E-state index >= 15 is 0 Å². The van der Waals surface area contributed by atoms with Crippen molar-refractivity contribution >= 4 is 23.2 Å². The van der Waals surface area contributed by atoms with E-state index in [1.807, 2.05) is 6.92 Å². The van der Waals surface area contributed by atoms with Gasteiger partial charge in [-0.3, -0.25) is 4.79 Å². The number of likely N-dealkylation sites (N-methyl/N-ethyl adjacent to an activating group) is 1. The summed E-state index contributed by atoms with van der Waals surface area (Å²) in [6.07, 6.45) is 0. The first-order chi connectivity index (χ1) is 11.9. The van der Waals surface area contributed by atoms with Gasteiger partial charge in [-0.2, -0.15) is 0 Å². The van der Waals surface area contributed by atoms with Crippen molar-refractivity contribution in [3.63, 3.8) is 0 Å². The molecule has 7 heteroatoms. The summed E-state index contributed by atoms with van der Waals surface area (Å²) < 4.78 is 32.3. The van der Waals surface area contributed by atoms with E-state index in [2.05, 4.69) is 5.32 Å². The number of quaternary nitrogens is 1. The predicted molar refractivity (Wildman–Crippen MR) is 93.1 cm³/mol. The maximum atomic E-state index is 13.8. The average Bonchev–Trinajstić information content (AvgIpc) is 2.57. The van der Waals surface area contributed by atoms with Crippen LogP contribution in [0.3, 0.4) is 0 Å². The van der Waals surface area contributed by atoms with E-state index in [1.54, 1.807) is 12.1 Å². The Morgan fingerprint density at radius 3 is 2.60 bits per heavy atom. The van der Waals surface area contributed by atoms with E-state index in [0.717, 1.165) is 10.5 Å². The predicted octanol–water partition coefficient (Wildman–Crippen LogP) is 2.67. The topological polar surface area (TPSA) is 42.8 Å². The third-order valence-electron chi connectivity index (χ3n) is 3.78. The number of ether oxygens (including phenoxy) is 1. The number of carbonyl (C=O) groups is 1. The molecule has 134 valence electrons. The third-order valence-corrected chi connectivity index (χ3v) is 4.02. The Morgan fingerprint density at radius 1 is 1.20 bits per heavy atom. The largest absolute Gasteiger partial charge is 0.494 e. The standard InChI is InChI=1S/C18H19ClF2N2O2/c1-3-23(10-12-4-7-17(25-2)15(21)8-12)11-18(24)22-16-9-13(19)5-6-14(16)20/h4-9H,3,10-11H2,1-2H3,(H,22,24)/p+1. The molecule has 0 fully saturated rings. The van der Waals surface area contributed by atoms with Crippen LogP contribution in [0.2, 0.25) is 5.02 Å². The number of rotatable bonds is 7. The fourth-order valence-corrected chi connectivity index (χ4v) is 2.61. The second-order valence-corrected chi connectivity index (χ2v) is 6.03. The maximum absolute atomic E-state index is 13.8. The van der Waals surface area contributed by atoms with Crippen LogP contribution in [0.5, 0.6) is 5.75 Å². The van der Waals surface area contributed by atoms with E-state index in [9.17, 15) is 13.6 Å². The number of anilines is 1. The highest BCUT2D eigenvalue weighted by Crippen LogP contribution is 2.19. The number of methoxy groups -OCH3 is 1. The molecule has 0 bridgehead atoms. The molecule has 0 saturated heterocycles. The molecule has 1 atom stereocenters. The molecule has 0 saturated carbocycles. The van der Waals surface area contributed by atoms with Crippen LogP contribution in [0.4, 0.5) is 14.5 Å². The minimum absolute atomic E-state index is 0.0449. The molecule has 0 radical (unpaired) electrons. The first kappa shape index (κ1) is 19.1. The highest BCUT2D eigenvalue weighted by atomic mass is 35.5. The van der Waals surface area contributed by atoms with Gasteiger partial charge in [-0.15, -0.1) is 0 Å². The molecule has 2 rings (SSSR count). The van der Waals surface area contributed by atoms with E-state index in [1.165, 1.54) is 31.4 Å². The molecule has 0 spiro atoms. The number of benzene rings is 2. The van der Waals surface area contributed by atoms with E-state index in [-0.39, 0.29) is 23.9 Å². The maximum Gasteiger partial charge on any atom is 0.279 e. The van der Waals surface area contributed by atoms with Crippen LogP contribution in [0.15, 0.2) is 36.4 Å². The van der Waals surface area contributed by atoms with Gasteiger partial charge in [0.15, 0.2) is 18.1 Å². The Bertz CT molecular complexity index is 756. The molecule has 2 N–H and O–H groups in total. The summed E-state index contributed by atoms with van der Waals surface area (Å²) in [5, 5.41) is 2.86. The van der Waals surface area contributed by atoms with Crippen molar-refractivity contribution in [1.29, 1.82) is 0 Å². The molecule has 0 heterocycles. The second kappa shape index (κ2) is 8.78. The number of nitrogens with one attached hydrogen (secondary N) is 2. The minimum Gasteiger partial charge on any atom is -0.494 e. The molecule has 0 aliphatic rings. The summed E-state index contributed by atoms with van der Waals surface area (Å²) in [6.45, 7) is 3.15. The summed E-state index contributed by atoms with van der Waals surface area (Å²) in [5.41, 5.74) is 0.792. The molecule has 25 heavy (non-hydrogen) atoms. The van der Waals surface area contributed by atoms with Gasteiger partial charge in [-0.1, -0.05) is 11.6 Å². The molecule has 2 aromatic rings. The molecule has 1 amide bonds. The van der Waals surface area contributed by atoms with Crippen molar-refractivity contribution in [2.24, 2.45) is 0 Å². The van der Waals surface area contributed by atoms with Crippen LogP contribution in [0.25, 0.3) is 0 Å². The monoisotopic (exact) mass is 369 g/mol.